The fourth-order valence-corrected chi connectivity index (χ4v) is 2.12. The molecule has 1 amide bonds. The summed E-state index contributed by atoms with van der Waals surface area (Å²) >= 11 is 5.70. The number of methoxy groups -OCH3 is 1. The van der Waals surface area contributed by atoms with E-state index in [2.05, 4.69) is 0 Å². The lowest BCUT2D eigenvalue weighted by Gasteiger charge is -2.24. The number of esters is 1. The van der Waals surface area contributed by atoms with E-state index in [0.717, 1.165) is 0 Å². The van der Waals surface area contributed by atoms with Crippen LogP contribution in [0.2, 0.25) is 0 Å². The Balaban J connectivity index is 2.58. The second-order valence-electron chi connectivity index (χ2n) is 4.21. The first kappa shape index (κ1) is 15.1. The molecule has 0 unspecified atom stereocenters. The number of carbonyl (C=O) groups excluding carboxylic acids is 2. The molecule has 2 aromatic rings. The highest BCUT2D eigenvalue weighted by atomic mass is 35.5. The molecule has 0 radical (unpaired) electrons. The van der Waals surface area contributed by atoms with Gasteiger partial charge in [0, 0.05) is 5.69 Å². The average Bonchev–Trinajstić information content (AvgIpc) is 2.55. The van der Waals surface area contributed by atoms with Crippen LogP contribution in [-0.4, -0.2) is 24.9 Å². The van der Waals surface area contributed by atoms with Crippen molar-refractivity contribution in [3.05, 3.63) is 60.2 Å². The Labute approximate surface area is 127 Å². The van der Waals surface area contributed by atoms with Crippen LogP contribution in [0.5, 0.6) is 0 Å². The zero-order valence-electron chi connectivity index (χ0n) is 11.5. The van der Waals surface area contributed by atoms with E-state index >= 15 is 0 Å². The van der Waals surface area contributed by atoms with Crippen molar-refractivity contribution in [3.63, 3.8) is 0 Å². The normalized spacial score (nSPS) is 10.0. The van der Waals surface area contributed by atoms with E-state index in [0.29, 0.717) is 16.9 Å². The van der Waals surface area contributed by atoms with Gasteiger partial charge in [-0.05, 0) is 24.3 Å². The van der Waals surface area contributed by atoms with Crippen molar-refractivity contribution in [2.75, 3.05) is 17.9 Å². The zero-order valence-corrected chi connectivity index (χ0v) is 12.2. The summed E-state index contributed by atoms with van der Waals surface area (Å²) in [5, 5.41) is 0. The van der Waals surface area contributed by atoms with Crippen LogP contribution < -0.4 is 4.90 Å². The lowest BCUT2D eigenvalue weighted by atomic mass is 10.1. The summed E-state index contributed by atoms with van der Waals surface area (Å²) in [5.41, 5.74) is 1.39. The van der Waals surface area contributed by atoms with Gasteiger partial charge < -0.3 is 4.74 Å². The SMILES string of the molecule is COC(=O)c1ccccc1N(C(=O)CCl)c1ccccc1. The van der Waals surface area contributed by atoms with Gasteiger partial charge in [0.2, 0.25) is 5.91 Å². The number of hydrogen-bond donors (Lipinski definition) is 0. The molecular formula is C16H14ClNO3. The summed E-state index contributed by atoms with van der Waals surface area (Å²) in [7, 11) is 1.30. The number of benzene rings is 2. The van der Waals surface area contributed by atoms with Crippen molar-refractivity contribution in [2.24, 2.45) is 0 Å². The maximum atomic E-state index is 12.2. The number of amides is 1. The summed E-state index contributed by atoms with van der Waals surface area (Å²) in [6.07, 6.45) is 0. The molecular weight excluding hydrogens is 290 g/mol. The molecule has 0 aliphatic heterocycles. The topological polar surface area (TPSA) is 46.6 Å². The Morgan fingerprint density at radius 3 is 2.29 bits per heavy atom. The Kier molecular flexibility index (Phi) is 4.95. The maximum Gasteiger partial charge on any atom is 0.339 e. The molecule has 0 N–H and O–H groups in total. The van der Waals surface area contributed by atoms with Gasteiger partial charge in [-0.3, -0.25) is 9.69 Å². The van der Waals surface area contributed by atoms with Crippen molar-refractivity contribution in [3.8, 4) is 0 Å². The molecule has 108 valence electrons. The first-order valence-corrected chi connectivity index (χ1v) is 6.83. The molecule has 0 bridgehead atoms. The van der Waals surface area contributed by atoms with Crippen LogP contribution in [0.4, 0.5) is 11.4 Å². The minimum absolute atomic E-state index is 0.190. The van der Waals surface area contributed by atoms with Crippen molar-refractivity contribution in [1.82, 2.24) is 0 Å². The third-order valence-electron chi connectivity index (χ3n) is 2.93. The minimum Gasteiger partial charge on any atom is -0.465 e. The number of rotatable bonds is 4. The van der Waals surface area contributed by atoms with Crippen molar-refractivity contribution in [1.29, 1.82) is 0 Å². The molecule has 5 heteroatoms. The standard InChI is InChI=1S/C16H14ClNO3/c1-21-16(20)13-9-5-6-10-14(13)18(15(19)11-17)12-7-3-2-4-8-12/h2-10H,11H2,1H3. The summed E-state index contributed by atoms with van der Waals surface area (Å²) < 4.78 is 4.77. The van der Waals surface area contributed by atoms with Gasteiger partial charge in [0.1, 0.15) is 5.88 Å². The van der Waals surface area contributed by atoms with Gasteiger partial charge >= 0.3 is 5.97 Å². The molecule has 0 aromatic heterocycles. The van der Waals surface area contributed by atoms with E-state index in [9.17, 15) is 9.59 Å². The fraction of sp³-hybridized carbons (Fsp3) is 0.125. The third kappa shape index (κ3) is 3.23. The second kappa shape index (κ2) is 6.90. The number of hydrogen-bond acceptors (Lipinski definition) is 3. The molecule has 0 fully saturated rings. The molecule has 0 saturated carbocycles. The molecule has 21 heavy (non-hydrogen) atoms. The van der Waals surface area contributed by atoms with E-state index < -0.39 is 5.97 Å². The predicted molar refractivity (Wildman–Crippen MR) is 82.1 cm³/mol. The van der Waals surface area contributed by atoms with Gasteiger partial charge in [-0.25, -0.2) is 4.79 Å². The highest BCUT2D eigenvalue weighted by Gasteiger charge is 2.22. The summed E-state index contributed by atoms with van der Waals surface area (Å²) in [5.74, 6) is -1.02. The molecule has 0 spiro atoms. The molecule has 0 aliphatic carbocycles. The van der Waals surface area contributed by atoms with Crippen LogP contribution in [0.25, 0.3) is 0 Å². The highest BCUT2D eigenvalue weighted by molar-refractivity contribution is 6.30. The Hall–Kier alpha value is -2.33. The van der Waals surface area contributed by atoms with E-state index in [1.807, 2.05) is 18.2 Å². The van der Waals surface area contributed by atoms with E-state index in [4.69, 9.17) is 16.3 Å². The number of para-hydroxylation sites is 2. The second-order valence-corrected chi connectivity index (χ2v) is 4.47. The van der Waals surface area contributed by atoms with Gasteiger partial charge in [-0.15, -0.1) is 11.6 Å². The van der Waals surface area contributed by atoms with Crippen molar-refractivity contribution >= 4 is 34.9 Å². The van der Waals surface area contributed by atoms with Crippen molar-refractivity contribution < 1.29 is 14.3 Å². The number of carbonyl (C=O) groups is 2. The van der Waals surface area contributed by atoms with E-state index in [1.165, 1.54) is 12.0 Å². The van der Waals surface area contributed by atoms with Gasteiger partial charge in [0.15, 0.2) is 0 Å². The lowest BCUT2D eigenvalue weighted by molar-refractivity contribution is -0.115. The van der Waals surface area contributed by atoms with Crippen LogP contribution in [-0.2, 0) is 9.53 Å². The monoisotopic (exact) mass is 303 g/mol. The lowest BCUT2D eigenvalue weighted by Crippen LogP contribution is -2.28. The quantitative estimate of drug-likeness (QED) is 0.642. The largest absolute Gasteiger partial charge is 0.465 e. The fourth-order valence-electron chi connectivity index (χ4n) is 2.01. The number of nitrogens with zero attached hydrogens (tertiary/aromatic N) is 1. The van der Waals surface area contributed by atoms with Crippen molar-refractivity contribution in [2.45, 2.75) is 0 Å². The molecule has 2 rings (SSSR count). The summed E-state index contributed by atoms with van der Waals surface area (Å²) in [6.45, 7) is 0. The van der Waals surface area contributed by atoms with Crippen LogP contribution in [0.1, 0.15) is 10.4 Å². The first-order chi connectivity index (χ1) is 10.2. The van der Waals surface area contributed by atoms with Gasteiger partial charge in [0.05, 0.1) is 18.4 Å². The van der Waals surface area contributed by atoms with Crippen LogP contribution >= 0.6 is 11.6 Å². The minimum atomic E-state index is -0.506. The highest BCUT2D eigenvalue weighted by Crippen LogP contribution is 2.29. The number of alkyl halides is 1. The molecule has 2 aromatic carbocycles. The zero-order chi connectivity index (χ0) is 15.2. The van der Waals surface area contributed by atoms with Gasteiger partial charge in [0.25, 0.3) is 0 Å². The number of halogens is 1. The Bertz CT molecular complexity index is 643. The Morgan fingerprint density at radius 2 is 1.67 bits per heavy atom. The molecule has 4 nitrogen and oxygen atoms in total. The number of anilines is 2. The van der Waals surface area contributed by atoms with Gasteiger partial charge in [-0.1, -0.05) is 30.3 Å². The van der Waals surface area contributed by atoms with Crippen LogP contribution in [0.15, 0.2) is 54.6 Å². The first-order valence-electron chi connectivity index (χ1n) is 6.30. The van der Waals surface area contributed by atoms with E-state index in [1.54, 1.807) is 36.4 Å². The average molecular weight is 304 g/mol. The predicted octanol–water partition coefficient (Wildman–Crippen LogP) is 3.38. The summed E-state index contributed by atoms with van der Waals surface area (Å²) in [4.78, 5) is 25.5. The molecule has 0 saturated heterocycles. The Morgan fingerprint density at radius 1 is 1.05 bits per heavy atom. The molecule has 0 aliphatic rings. The van der Waals surface area contributed by atoms with Crippen LogP contribution in [0.3, 0.4) is 0 Å². The third-order valence-corrected chi connectivity index (χ3v) is 3.16. The summed E-state index contributed by atoms with van der Waals surface area (Å²) in [6, 6.07) is 15.8. The van der Waals surface area contributed by atoms with E-state index in [-0.39, 0.29) is 11.8 Å². The molecule has 0 atom stereocenters. The van der Waals surface area contributed by atoms with Gasteiger partial charge in [-0.2, -0.15) is 0 Å². The van der Waals surface area contributed by atoms with Crippen LogP contribution in [0, 0.1) is 0 Å². The molecule has 0 heterocycles. The smallest absolute Gasteiger partial charge is 0.339 e. The maximum absolute atomic E-state index is 12.2. The number of ether oxygens (including phenoxy) is 1.